The molecular weight excluding hydrogens is 452 g/mol. The van der Waals surface area contributed by atoms with Crippen LogP contribution in [0.2, 0.25) is 0 Å². The number of carbonyl (C=O) groups excluding carboxylic acids is 1. The Kier molecular flexibility index (Phi) is 4.98. The van der Waals surface area contributed by atoms with Gasteiger partial charge in [-0.15, -0.1) is 0 Å². The van der Waals surface area contributed by atoms with Gasteiger partial charge in [-0.25, -0.2) is 4.98 Å². The van der Waals surface area contributed by atoms with Crippen molar-refractivity contribution in [2.24, 2.45) is 5.92 Å². The van der Waals surface area contributed by atoms with Crippen molar-refractivity contribution in [1.29, 1.82) is 0 Å². The number of hydrogen-bond donors (Lipinski definition) is 1. The van der Waals surface area contributed by atoms with Gasteiger partial charge in [-0.05, 0) is 60.9 Å². The first-order valence-electron chi connectivity index (χ1n) is 11.5. The zero-order chi connectivity index (χ0) is 23.4. The summed E-state index contributed by atoms with van der Waals surface area (Å²) < 4.78 is 20.2. The van der Waals surface area contributed by atoms with Crippen LogP contribution < -0.4 is 19.1 Å². The predicted octanol–water partition coefficient (Wildman–Crippen LogP) is 4.83. The molecule has 1 N–H and O–H groups in total. The summed E-state index contributed by atoms with van der Waals surface area (Å²) in [6.45, 7) is 3.06. The number of nitrogens with one attached hydrogen (secondary N) is 1. The molecule has 0 bridgehead atoms. The largest absolute Gasteiger partial charge is 0.495 e. The second kappa shape index (κ2) is 7.94. The normalized spacial score (nSPS) is 22.5. The molecule has 3 aromatic rings. The van der Waals surface area contributed by atoms with E-state index in [0.717, 1.165) is 53.3 Å². The average molecular weight is 479 g/mol. The standard InChI is InChI=1S/C25H26N4O4S/c1-14-12-25(14)13-17-21(16-11-15(6-7-18(16)25)29-10-4-5-20(29)30)33-27-23(17)28-34-22-19(31-2)8-9-26-24(22)32-3/h6-9,11,14H,4-5,10,12-13H2,1-3H3,(H,27,28). The molecule has 8 nitrogen and oxygen atoms in total. The van der Waals surface area contributed by atoms with Gasteiger partial charge in [-0.1, -0.05) is 18.1 Å². The highest BCUT2D eigenvalue weighted by Gasteiger charge is 2.56. The van der Waals surface area contributed by atoms with E-state index >= 15 is 0 Å². The van der Waals surface area contributed by atoms with E-state index in [1.807, 2.05) is 4.90 Å². The number of benzene rings is 1. The fourth-order valence-corrected chi connectivity index (χ4v) is 6.27. The first-order valence-corrected chi connectivity index (χ1v) is 12.3. The predicted molar refractivity (Wildman–Crippen MR) is 130 cm³/mol. The minimum Gasteiger partial charge on any atom is -0.495 e. The Hall–Kier alpha value is -3.20. The molecule has 2 fully saturated rings. The molecule has 1 aliphatic heterocycles. The van der Waals surface area contributed by atoms with Crippen LogP contribution in [0.15, 0.2) is 39.9 Å². The summed E-state index contributed by atoms with van der Waals surface area (Å²) in [7, 11) is 3.20. The molecular formula is C25H26N4O4S. The molecule has 1 amide bonds. The van der Waals surface area contributed by atoms with E-state index in [-0.39, 0.29) is 11.3 Å². The molecule has 0 radical (unpaired) electrons. The fraction of sp³-hybridized carbons (Fsp3) is 0.400. The van der Waals surface area contributed by atoms with Crippen LogP contribution in [0.25, 0.3) is 11.3 Å². The molecule has 1 saturated heterocycles. The molecule has 2 aromatic heterocycles. The van der Waals surface area contributed by atoms with Crippen molar-refractivity contribution in [3.63, 3.8) is 0 Å². The van der Waals surface area contributed by atoms with Crippen LogP contribution in [-0.4, -0.2) is 36.8 Å². The van der Waals surface area contributed by atoms with Crippen molar-refractivity contribution in [3.05, 3.63) is 41.6 Å². The summed E-state index contributed by atoms with van der Waals surface area (Å²) in [6, 6.07) is 8.19. The molecule has 2 atom stereocenters. The Bertz CT molecular complexity index is 1270. The van der Waals surface area contributed by atoms with Gasteiger partial charge in [-0.2, -0.15) is 0 Å². The third-order valence-electron chi connectivity index (χ3n) is 7.40. The quantitative estimate of drug-likeness (QED) is 0.504. The number of anilines is 2. The van der Waals surface area contributed by atoms with E-state index < -0.39 is 0 Å². The van der Waals surface area contributed by atoms with Gasteiger partial charge in [-0.3, -0.25) is 4.79 Å². The summed E-state index contributed by atoms with van der Waals surface area (Å²) in [5.74, 6) is 3.38. The number of rotatable bonds is 6. The number of methoxy groups -OCH3 is 2. The zero-order valence-electron chi connectivity index (χ0n) is 19.4. The third kappa shape index (κ3) is 3.17. The Morgan fingerprint density at radius 1 is 1.26 bits per heavy atom. The molecule has 1 spiro atoms. The molecule has 3 aliphatic rings. The highest BCUT2D eigenvalue weighted by molar-refractivity contribution is 8.00. The second-order valence-electron chi connectivity index (χ2n) is 9.21. The summed E-state index contributed by atoms with van der Waals surface area (Å²) in [4.78, 5) is 19.3. The summed E-state index contributed by atoms with van der Waals surface area (Å²) in [5.41, 5.74) is 4.43. The fourth-order valence-electron chi connectivity index (χ4n) is 5.44. The van der Waals surface area contributed by atoms with Gasteiger partial charge in [0, 0.05) is 41.4 Å². The number of fused-ring (bicyclic) bond motifs is 4. The van der Waals surface area contributed by atoms with E-state index in [1.54, 1.807) is 26.5 Å². The number of nitrogens with zero attached hydrogens (tertiary/aromatic N) is 3. The minimum absolute atomic E-state index is 0.0895. The van der Waals surface area contributed by atoms with Crippen LogP contribution in [-0.2, 0) is 16.6 Å². The van der Waals surface area contributed by atoms with Gasteiger partial charge >= 0.3 is 0 Å². The monoisotopic (exact) mass is 478 g/mol. The van der Waals surface area contributed by atoms with Gasteiger partial charge in [0.2, 0.25) is 11.8 Å². The molecule has 1 saturated carbocycles. The number of amides is 1. The van der Waals surface area contributed by atoms with Crippen LogP contribution in [0, 0.1) is 5.92 Å². The smallest absolute Gasteiger partial charge is 0.232 e. The van der Waals surface area contributed by atoms with Gasteiger partial charge in [0.15, 0.2) is 11.6 Å². The Balaban J connectivity index is 1.37. The molecule has 3 heterocycles. The van der Waals surface area contributed by atoms with Crippen LogP contribution in [0.1, 0.15) is 37.3 Å². The lowest BCUT2D eigenvalue weighted by molar-refractivity contribution is -0.117. The first kappa shape index (κ1) is 21.3. The minimum atomic E-state index is 0.0895. The molecule has 1 aromatic carbocycles. The molecule has 2 unspecified atom stereocenters. The van der Waals surface area contributed by atoms with E-state index in [4.69, 9.17) is 14.0 Å². The molecule has 176 valence electrons. The molecule has 34 heavy (non-hydrogen) atoms. The number of aromatic nitrogens is 2. The Morgan fingerprint density at radius 2 is 2.12 bits per heavy atom. The van der Waals surface area contributed by atoms with Gasteiger partial charge in [0.25, 0.3) is 0 Å². The van der Waals surface area contributed by atoms with Crippen molar-refractivity contribution in [3.8, 4) is 23.0 Å². The van der Waals surface area contributed by atoms with Gasteiger partial charge in [0.05, 0.1) is 14.2 Å². The highest BCUT2D eigenvalue weighted by atomic mass is 32.2. The Labute approximate surface area is 202 Å². The van der Waals surface area contributed by atoms with Gasteiger partial charge in [0.1, 0.15) is 10.6 Å². The van der Waals surface area contributed by atoms with E-state index in [0.29, 0.717) is 29.8 Å². The number of pyridine rings is 1. The number of carbonyl (C=O) groups is 1. The van der Waals surface area contributed by atoms with E-state index in [1.165, 1.54) is 17.5 Å². The highest BCUT2D eigenvalue weighted by Crippen LogP contribution is 2.62. The number of ether oxygens (including phenoxy) is 2. The first-order chi connectivity index (χ1) is 16.6. The van der Waals surface area contributed by atoms with Crippen molar-refractivity contribution >= 4 is 29.4 Å². The molecule has 6 rings (SSSR count). The zero-order valence-corrected chi connectivity index (χ0v) is 20.2. The van der Waals surface area contributed by atoms with Gasteiger partial charge < -0.3 is 23.6 Å². The summed E-state index contributed by atoms with van der Waals surface area (Å²) in [6.07, 6.45) is 5.16. The van der Waals surface area contributed by atoms with Crippen LogP contribution in [0.5, 0.6) is 11.6 Å². The van der Waals surface area contributed by atoms with Crippen LogP contribution >= 0.6 is 11.9 Å². The number of hydrogen-bond acceptors (Lipinski definition) is 8. The second-order valence-corrected chi connectivity index (χ2v) is 10.0. The maximum Gasteiger partial charge on any atom is 0.232 e. The van der Waals surface area contributed by atoms with Crippen molar-refractivity contribution in [2.75, 3.05) is 30.4 Å². The topological polar surface area (TPSA) is 89.7 Å². The maximum absolute atomic E-state index is 12.4. The van der Waals surface area contributed by atoms with E-state index in [9.17, 15) is 4.79 Å². The van der Waals surface area contributed by atoms with Crippen LogP contribution in [0.3, 0.4) is 0 Å². The van der Waals surface area contributed by atoms with E-state index in [2.05, 4.69) is 40.0 Å². The summed E-state index contributed by atoms with van der Waals surface area (Å²) >= 11 is 1.34. The SMILES string of the molecule is COc1ccnc(OC)c1SNc1noc2c1CC1(CC1C)c1ccc(N3CCCC3=O)cc1-2. The third-order valence-corrected chi connectivity index (χ3v) is 8.28. The lowest BCUT2D eigenvalue weighted by atomic mass is 9.78. The van der Waals surface area contributed by atoms with Crippen LogP contribution in [0.4, 0.5) is 11.5 Å². The maximum atomic E-state index is 12.4. The van der Waals surface area contributed by atoms with Crippen molar-refractivity contribution < 1.29 is 18.8 Å². The van der Waals surface area contributed by atoms with Crippen molar-refractivity contribution in [2.45, 2.75) is 42.9 Å². The summed E-state index contributed by atoms with van der Waals surface area (Å²) in [5, 5.41) is 4.39. The lowest BCUT2D eigenvalue weighted by Gasteiger charge is -2.27. The molecule has 2 aliphatic carbocycles. The van der Waals surface area contributed by atoms with Crippen molar-refractivity contribution in [1.82, 2.24) is 10.1 Å². The average Bonchev–Trinajstić information content (AvgIpc) is 3.16. The lowest BCUT2D eigenvalue weighted by Crippen LogP contribution is -2.25. The Morgan fingerprint density at radius 3 is 2.82 bits per heavy atom. The molecule has 9 heteroatoms.